The van der Waals surface area contributed by atoms with Crippen LogP contribution in [0.25, 0.3) is 0 Å². The molecule has 0 aromatic rings. The number of ether oxygens (including phenoxy) is 3. The molecule has 5 nitrogen and oxygen atoms in total. The lowest BCUT2D eigenvalue weighted by atomic mass is 10.1. The van der Waals surface area contributed by atoms with Gasteiger partial charge in [0.05, 0.1) is 6.10 Å². The van der Waals surface area contributed by atoms with Gasteiger partial charge in [-0.2, -0.15) is 0 Å². The Labute approximate surface area is 69.6 Å². The SMILES string of the molecule is CCC1OCOC1C(=O)O[C]=O. The van der Waals surface area contributed by atoms with E-state index in [1.54, 1.807) is 0 Å². The first-order chi connectivity index (χ1) is 5.79. The molecule has 1 radical (unpaired) electrons. The third-order valence-electron chi connectivity index (χ3n) is 1.64. The van der Waals surface area contributed by atoms with Crippen molar-refractivity contribution in [2.24, 2.45) is 0 Å². The van der Waals surface area contributed by atoms with Gasteiger partial charge in [0.2, 0.25) is 0 Å². The van der Waals surface area contributed by atoms with Gasteiger partial charge in [-0.3, -0.25) is 0 Å². The van der Waals surface area contributed by atoms with Gasteiger partial charge in [-0.15, -0.1) is 0 Å². The summed E-state index contributed by atoms with van der Waals surface area (Å²) in [5.41, 5.74) is 0. The topological polar surface area (TPSA) is 61.8 Å². The van der Waals surface area contributed by atoms with Crippen molar-refractivity contribution in [3.05, 3.63) is 0 Å². The van der Waals surface area contributed by atoms with E-state index in [1.807, 2.05) is 6.92 Å². The molecule has 67 valence electrons. The molecular weight excluding hydrogens is 164 g/mol. The Bertz CT molecular complexity index is 179. The van der Waals surface area contributed by atoms with Crippen LogP contribution in [0.2, 0.25) is 0 Å². The van der Waals surface area contributed by atoms with Crippen molar-refractivity contribution in [2.45, 2.75) is 25.6 Å². The van der Waals surface area contributed by atoms with Gasteiger partial charge >= 0.3 is 12.4 Å². The maximum Gasteiger partial charge on any atom is 0.425 e. The van der Waals surface area contributed by atoms with Crippen LogP contribution in [0.5, 0.6) is 0 Å². The van der Waals surface area contributed by atoms with Crippen molar-refractivity contribution in [3.63, 3.8) is 0 Å². The second-order valence-electron chi connectivity index (χ2n) is 2.32. The Morgan fingerprint density at radius 2 is 2.42 bits per heavy atom. The van der Waals surface area contributed by atoms with Crippen LogP contribution in [0.15, 0.2) is 0 Å². The standard InChI is InChI=1S/C7H9O5/c1-2-5-6(12-4-11-5)7(9)10-3-8/h5-6H,2,4H2,1H3. The zero-order valence-corrected chi connectivity index (χ0v) is 6.61. The van der Waals surface area contributed by atoms with Crippen LogP contribution in [0.1, 0.15) is 13.3 Å². The first-order valence-corrected chi connectivity index (χ1v) is 3.60. The molecule has 2 atom stereocenters. The van der Waals surface area contributed by atoms with Gasteiger partial charge in [-0.05, 0) is 6.42 Å². The van der Waals surface area contributed by atoms with Crippen molar-refractivity contribution in [3.8, 4) is 0 Å². The van der Waals surface area contributed by atoms with E-state index < -0.39 is 12.1 Å². The molecule has 2 unspecified atom stereocenters. The molecule has 0 bridgehead atoms. The van der Waals surface area contributed by atoms with Crippen molar-refractivity contribution in [2.75, 3.05) is 6.79 Å². The Morgan fingerprint density at radius 3 is 3.00 bits per heavy atom. The highest BCUT2D eigenvalue weighted by Gasteiger charge is 2.35. The average molecular weight is 173 g/mol. The minimum Gasteiger partial charge on any atom is -0.382 e. The molecular formula is C7H9O5. The highest BCUT2D eigenvalue weighted by molar-refractivity contribution is 5.81. The number of carbonyl (C=O) groups excluding carboxylic acids is 2. The van der Waals surface area contributed by atoms with E-state index in [4.69, 9.17) is 9.47 Å². The van der Waals surface area contributed by atoms with E-state index in [2.05, 4.69) is 4.74 Å². The Hall–Kier alpha value is -0.940. The van der Waals surface area contributed by atoms with Crippen LogP contribution in [0, 0.1) is 0 Å². The summed E-state index contributed by atoms with van der Waals surface area (Å²) in [5, 5.41) is 0. The van der Waals surface area contributed by atoms with Gasteiger partial charge in [0.25, 0.3) is 0 Å². The fourth-order valence-corrected chi connectivity index (χ4v) is 1.05. The number of esters is 1. The van der Waals surface area contributed by atoms with Gasteiger partial charge in [0.1, 0.15) is 6.79 Å². The fraction of sp³-hybridized carbons (Fsp3) is 0.714. The summed E-state index contributed by atoms with van der Waals surface area (Å²) < 4.78 is 13.9. The summed E-state index contributed by atoms with van der Waals surface area (Å²) in [6.07, 6.45) is -0.458. The van der Waals surface area contributed by atoms with E-state index in [-0.39, 0.29) is 12.9 Å². The van der Waals surface area contributed by atoms with Crippen LogP contribution in [0.3, 0.4) is 0 Å². The molecule has 1 aliphatic rings. The molecule has 12 heavy (non-hydrogen) atoms. The van der Waals surface area contributed by atoms with Gasteiger partial charge in [0, 0.05) is 0 Å². The summed E-state index contributed by atoms with van der Waals surface area (Å²) >= 11 is 0. The van der Waals surface area contributed by atoms with Crippen LogP contribution < -0.4 is 0 Å². The number of hydrogen-bond acceptors (Lipinski definition) is 5. The number of hydrogen-bond donors (Lipinski definition) is 0. The third-order valence-corrected chi connectivity index (χ3v) is 1.64. The largest absolute Gasteiger partial charge is 0.425 e. The molecule has 1 fully saturated rings. The summed E-state index contributed by atoms with van der Waals surface area (Å²) in [4.78, 5) is 20.6. The summed E-state index contributed by atoms with van der Waals surface area (Å²) in [6.45, 7) is 2.97. The highest BCUT2D eigenvalue weighted by Crippen LogP contribution is 2.16. The molecule has 0 spiro atoms. The smallest absolute Gasteiger partial charge is 0.382 e. The summed E-state index contributed by atoms with van der Waals surface area (Å²) in [6, 6.07) is 0. The van der Waals surface area contributed by atoms with Gasteiger partial charge in [0.15, 0.2) is 6.10 Å². The van der Waals surface area contributed by atoms with E-state index in [0.29, 0.717) is 6.42 Å². The highest BCUT2D eigenvalue weighted by atomic mass is 16.7. The van der Waals surface area contributed by atoms with Gasteiger partial charge in [-0.1, -0.05) is 6.92 Å². The molecule has 1 rings (SSSR count). The van der Waals surface area contributed by atoms with Gasteiger partial charge < -0.3 is 14.2 Å². The fourth-order valence-electron chi connectivity index (χ4n) is 1.05. The lowest BCUT2D eigenvalue weighted by Gasteiger charge is -2.10. The van der Waals surface area contributed by atoms with E-state index in [1.165, 1.54) is 0 Å². The first-order valence-electron chi connectivity index (χ1n) is 3.60. The molecule has 1 saturated heterocycles. The summed E-state index contributed by atoms with van der Waals surface area (Å²) in [7, 11) is 0. The predicted molar refractivity (Wildman–Crippen MR) is 36.7 cm³/mol. The number of rotatable bonds is 3. The Balaban J connectivity index is 2.48. The van der Waals surface area contributed by atoms with E-state index in [9.17, 15) is 9.59 Å². The van der Waals surface area contributed by atoms with Crippen molar-refractivity contribution in [1.82, 2.24) is 0 Å². The van der Waals surface area contributed by atoms with Crippen LogP contribution in [-0.2, 0) is 23.8 Å². The zero-order chi connectivity index (χ0) is 8.97. The Kier molecular flexibility index (Phi) is 3.19. The maximum absolute atomic E-state index is 10.9. The molecule has 5 heteroatoms. The van der Waals surface area contributed by atoms with Crippen molar-refractivity contribution < 1.29 is 23.8 Å². The van der Waals surface area contributed by atoms with E-state index >= 15 is 0 Å². The quantitative estimate of drug-likeness (QED) is 0.435. The van der Waals surface area contributed by atoms with Gasteiger partial charge in [-0.25, -0.2) is 9.59 Å². The molecule has 0 aliphatic carbocycles. The molecule has 0 N–H and O–H groups in total. The van der Waals surface area contributed by atoms with Crippen molar-refractivity contribution in [1.29, 1.82) is 0 Å². The lowest BCUT2D eigenvalue weighted by molar-refractivity contribution is -0.146. The maximum atomic E-state index is 10.9. The second-order valence-corrected chi connectivity index (χ2v) is 2.32. The average Bonchev–Trinajstić information content (AvgIpc) is 2.51. The molecule has 1 heterocycles. The zero-order valence-electron chi connectivity index (χ0n) is 6.61. The van der Waals surface area contributed by atoms with Crippen LogP contribution in [-0.4, -0.2) is 31.4 Å². The number of carbonyl (C=O) groups is 1. The van der Waals surface area contributed by atoms with Crippen molar-refractivity contribution >= 4 is 12.4 Å². The molecule has 1 aliphatic heterocycles. The second kappa shape index (κ2) is 4.18. The van der Waals surface area contributed by atoms with E-state index in [0.717, 1.165) is 6.47 Å². The molecule has 0 amide bonds. The van der Waals surface area contributed by atoms with Crippen LogP contribution in [0.4, 0.5) is 0 Å². The molecule has 0 aromatic carbocycles. The third kappa shape index (κ3) is 1.80. The normalized spacial score (nSPS) is 28.4. The monoisotopic (exact) mass is 173 g/mol. The summed E-state index contributed by atoms with van der Waals surface area (Å²) in [5.74, 6) is -0.741. The minimum atomic E-state index is -0.781. The minimum absolute atomic E-state index is 0.0666. The lowest BCUT2D eigenvalue weighted by Crippen LogP contribution is -2.32. The first kappa shape index (κ1) is 9.15. The van der Waals surface area contributed by atoms with Crippen LogP contribution >= 0.6 is 0 Å². The predicted octanol–water partition coefficient (Wildman–Crippen LogP) is -0.252. The Morgan fingerprint density at radius 1 is 1.67 bits per heavy atom. The molecule has 0 aromatic heterocycles. The molecule has 0 saturated carbocycles.